The lowest BCUT2D eigenvalue weighted by Gasteiger charge is -2.08. The molecule has 1 aromatic carbocycles. The maximum absolute atomic E-state index is 11.1. The van der Waals surface area contributed by atoms with Gasteiger partial charge in [-0.15, -0.1) is 0 Å². The third-order valence-corrected chi connectivity index (χ3v) is 2.04. The predicted molar refractivity (Wildman–Crippen MR) is 60.4 cm³/mol. The molecule has 6 heteroatoms. The Morgan fingerprint density at radius 2 is 2.25 bits per heavy atom. The first-order chi connectivity index (χ1) is 7.56. The highest BCUT2D eigenvalue weighted by atomic mass is 16.6. The Hall–Kier alpha value is -2.11. The maximum Gasteiger partial charge on any atom is 0.270 e. The zero-order chi connectivity index (χ0) is 12.1. The average Bonchev–Trinajstić information content (AvgIpc) is 2.25. The predicted octanol–water partition coefficient (Wildman–Crippen LogP) is 1.52. The van der Waals surface area contributed by atoms with Gasteiger partial charge in [-0.1, -0.05) is 6.92 Å². The molecule has 0 atom stereocenters. The molecule has 3 N–H and O–H groups in total. The van der Waals surface area contributed by atoms with E-state index in [1.807, 2.05) is 6.92 Å². The summed E-state index contributed by atoms with van der Waals surface area (Å²) in [5.41, 5.74) is 5.68. The number of hydrogen-bond donors (Lipinski definition) is 2. The van der Waals surface area contributed by atoms with E-state index in [4.69, 9.17) is 5.73 Å². The van der Waals surface area contributed by atoms with Crippen LogP contribution in [-0.4, -0.2) is 17.4 Å². The summed E-state index contributed by atoms with van der Waals surface area (Å²) in [7, 11) is 0. The lowest BCUT2D eigenvalue weighted by Crippen LogP contribution is -2.15. The van der Waals surface area contributed by atoms with E-state index in [1.54, 1.807) is 0 Å². The van der Waals surface area contributed by atoms with Crippen molar-refractivity contribution in [3.8, 4) is 0 Å². The molecule has 0 aliphatic rings. The largest absolute Gasteiger partial charge is 0.384 e. The molecule has 0 heterocycles. The third-order valence-electron chi connectivity index (χ3n) is 2.04. The molecule has 1 amide bonds. The van der Waals surface area contributed by atoms with Crippen LogP contribution in [-0.2, 0) is 0 Å². The van der Waals surface area contributed by atoms with Crippen LogP contribution in [0.3, 0.4) is 0 Å². The number of nitrogens with zero attached hydrogens (tertiary/aromatic N) is 1. The summed E-state index contributed by atoms with van der Waals surface area (Å²) in [5, 5.41) is 13.5. The molecule has 0 spiro atoms. The molecule has 0 saturated heterocycles. The molecule has 1 aromatic rings. The minimum Gasteiger partial charge on any atom is -0.384 e. The number of hydrogen-bond acceptors (Lipinski definition) is 4. The zero-order valence-electron chi connectivity index (χ0n) is 8.90. The van der Waals surface area contributed by atoms with Crippen LogP contribution in [0.15, 0.2) is 18.2 Å². The molecular formula is C10H13N3O3. The van der Waals surface area contributed by atoms with Gasteiger partial charge in [-0.25, -0.2) is 0 Å². The van der Waals surface area contributed by atoms with Gasteiger partial charge in [-0.05, 0) is 12.5 Å². The Morgan fingerprint density at radius 3 is 2.75 bits per heavy atom. The molecular weight excluding hydrogens is 210 g/mol. The van der Waals surface area contributed by atoms with Gasteiger partial charge in [0.2, 0.25) is 0 Å². The number of carbonyl (C=O) groups is 1. The fraction of sp³-hybridized carbons (Fsp3) is 0.300. The van der Waals surface area contributed by atoms with Crippen LogP contribution in [0.25, 0.3) is 0 Å². The highest BCUT2D eigenvalue weighted by molar-refractivity contribution is 5.99. The topological polar surface area (TPSA) is 98.3 Å². The van der Waals surface area contributed by atoms with Crippen molar-refractivity contribution in [3.05, 3.63) is 33.9 Å². The summed E-state index contributed by atoms with van der Waals surface area (Å²) in [6, 6.07) is 4.01. The van der Waals surface area contributed by atoms with Crippen LogP contribution in [0.2, 0.25) is 0 Å². The highest BCUT2D eigenvalue weighted by Crippen LogP contribution is 2.21. The van der Waals surface area contributed by atoms with Crippen molar-refractivity contribution in [1.29, 1.82) is 0 Å². The summed E-state index contributed by atoms with van der Waals surface area (Å²) in [4.78, 5) is 21.1. The monoisotopic (exact) mass is 223 g/mol. The molecule has 86 valence electrons. The fourth-order valence-corrected chi connectivity index (χ4v) is 1.26. The average molecular weight is 223 g/mol. The summed E-state index contributed by atoms with van der Waals surface area (Å²) in [6.45, 7) is 2.65. The number of anilines is 1. The first kappa shape index (κ1) is 12.0. The number of amides is 1. The van der Waals surface area contributed by atoms with Gasteiger partial charge in [0.15, 0.2) is 0 Å². The SMILES string of the molecule is CCCNc1ccc([N+](=O)[O-])cc1C(N)=O. The van der Waals surface area contributed by atoms with Gasteiger partial charge >= 0.3 is 0 Å². The van der Waals surface area contributed by atoms with Crippen LogP contribution in [0.4, 0.5) is 11.4 Å². The molecule has 0 aliphatic heterocycles. The van der Waals surface area contributed by atoms with Crippen molar-refractivity contribution in [3.63, 3.8) is 0 Å². The lowest BCUT2D eigenvalue weighted by molar-refractivity contribution is -0.384. The quantitative estimate of drug-likeness (QED) is 0.584. The van der Waals surface area contributed by atoms with E-state index in [0.717, 1.165) is 6.42 Å². The van der Waals surface area contributed by atoms with Crippen LogP contribution in [0.1, 0.15) is 23.7 Å². The van der Waals surface area contributed by atoms with Crippen molar-refractivity contribution in [2.75, 3.05) is 11.9 Å². The van der Waals surface area contributed by atoms with Crippen LogP contribution in [0.5, 0.6) is 0 Å². The molecule has 0 fully saturated rings. The second kappa shape index (κ2) is 5.11. The molecule has 0 saturated carbocycles. The van der Waals surface area contributed by atoms with E-state index in [1.165, 1.54) is 18.2 Å². The Bertz CT molecular complexity index is 418. The first-order valence-corrected chi connectivity index (χ1v) is 4.88. The molecule has 0 aliphatic carbocycles. The van der Waals surface area contributed by atoms with E-state index in [9.17, 15) is 14.9 Å². The van der Waals surface area contributed by atoms with Gasteiger partial charge in [0.1, 0.15) is 0 Å². The second-order valence-electron chi connectivity index (χ2n) is 3.28. The number of nitrogens with two attached hydrogens (primary N) is 1. The lowest BCUT2D eigenvalue weighted by atomic mass is 10.1. The van der Waals surface area contributed by atoms with Gasteiger partial charge in [-0.2, -0.15) is 0 Å². The van der Waals surface area contributed by atoms with Gasteiger partial charge in [-0.3, -0.25) is 14.9 Å². The Balaban J connectivity index is 3.09. The smallest absolute Gasteiger partial charge is 0.270 e. The first-order valence-electron chi connectivity index (χ1n) is 4.88. The summed E-state index contributed by atoms with van der Waals surface area (Å²) >= 11 is 0. The van der Waals surface area contributed by atoms with E-state index in [-0.39, 0.29) is 11.3 Å². The Morgan fingerprint density at radius 1 is 1.56 bits per heavy atom. The third kappa shape index (κ3) is 2.69. The molecule has 0 radical (unpaired) electrons. The molecule has 1 rings (SSSR count). The van der Waals surface area contributed by atoms with Crippen LogP contribution < -0.4 is 11.1 Å². The van der Waals surface area contributed by atoms with Crippen LogP contribution in [0, 0.1) is 10.1 Å². The minimum absolute atomic E-state index is 0.141. The number of non-ortho nitro benzene ring substituents is 1. The molecule has 16 heavy (non-hydrogen) atoms. The standard InChI is InChI=1S/C10H13N3O3/c1-2-5-12-9-4-3-7(13(15)16)6-8(9)10(11)14/h3-4,6,12H,2,5H2,1H3,(H2,11,14). The fourth-order valence-electron chi connectivity index (χ4n) is 1.26. The van der Waals surface area contributed by atoms with Crippen molar-refractivity contribution in [1.82, 2.24) is 0 Å². The van der Waals surface area contributed by atoms with Gasteiger partial charge in [0.25, 0.3) is 11.6 Å². The number of nitro groups is 1. The number of primary amides is 1. The van der Waals surface area contributed by atoms with Crippen molar-refractivity contribution < 1.29 is 9.72 Å². The van der Waals surface area contributed by atoms with Crippen LogP contribution >= 0.6 is 0 Å². The Kier molecular flexibility index (Phi) is 3.82. The number of nitrogens with one attached hydrogen (secondary N) is 1. The number of carbonyl (C=O) groups excluding carboxylic acids is 1. The molecule has 0 unspecified atom stereocenters. The van der Waals surface area contributed by atoms with Crippen molar-refractivity contribution in [2.45, 2.75) is 13.3 Å². The second-order valence-corrected chi connectivity index (χ2v) is 3.28. The molecule has 0 aromatic heterocycles. The minimum atomic E-state index is -0.678. The summed E-state index contributed by atoms with van der Waals surface area (Å²) in [5.74, 6) is -0.678. The van der Waals surface area contributed by atoms with E-state index in [2.05, 4.69) is 5.32 Å². The van der Waals surface area contributed by atoms with E-state index >= 15 is 0 Å². The molecule has 0 bridgehead atoms. The van der Waals surface area contributed by atoms with Gasteiger partial charge in [0, 0.05) is 24.4 Å². The van der Waals surface area contributed by atoms with Crippen molar-refractivity contribution >= 4 is 17.3 Å². The summed E-state index contributed by atoms with van der Waals surface area (Å²) in [6.07, 6.45) is 0.884. The number of rotatable bonds is 5. The van der Waals surface area contributed by atoms with E-state index < -0.39 is 10.8 Å². The van der Waals surface area contributed by atoms with E-state index in [0.29, 0.717) is 12.2 Å². The zero-order valence-corrected chi connectivity index (χ0v) is 8.90. The summed E-state index contributed by atoms with van der Waals surface area (Å²) < 4.78 is 0. The number of benzene rings is 1. The van der Waals surface area contributed by atoms with Crippen molar-refractivity contribution in [2.24, 2.45) is 5.73 Å². The van der Waals surface area contributed by atoms with Gasteiger partial charge < -0.3 is 11.1 Å². The maximum atomic E-state index is 11.1. The molecule has 6 nitrogen and oxygen atoms in total. The highest BCUT2D eigenvalue weighted by Gasteiger charge is 2.13. The number of nitro benzene ring substituents is 1. The Labute approximate surface area is 92.6 Å². The normalized spacial score (nSPS) is 9.81. The van der Waals surface area contributed by atoms with Gasteiger partial charge in [0.05, 0.1) is 10.5 Å².